The minimum atomic E-state index is -3.50. The number of nitrogens with zero attached hydrogens (tertiary/aromatic N) is 1. The van der Waals surface area contributed by atoms with Gasteiger partial charge in [0.2, 0.25) is 10.0 Å². The predicted octanol–water partition coefficient (Wildman–Crippen LogP) is 3.55. The van der Waals surface area contributed by atoms with E-state index in [1.807, 2.05) is 0 Å². The molecular weight excluding hydrogens is 423 g/mol. The van der Waals surface area contributed by atoms with Gasteiger partial charge >= 0.3 is 0 Å². The molecule has 0 spiro atoms. The summed E-state index contributed by atoms with van der Waals surface area (Å²) < 4.78 is 39.7. The van der Waals surface area contributed by atoms with Gasteiger partial charge < -0.3 is 5.32 Å². The maximum Gasteiger partial charge on any atom is 0.252 e. The molecule has 2 rings (SSSR count). The number of carbonyl (C=O) groups excluding carboxylic acids is 1. The highest BCUT2D eigenvalue weighted by Gasteiger charge is 2.21. The van der Waals surface area contributed by atoms with Gasteiger partial charge in [-0.1, -0.05) is 26.0 Å². The first-order chi connectivity index (χ1) is 12.3. The molecule has 0 radical (unpaired) electrons. The number of halogens is 2. The molecule has 0 bridgehead atoms. The number of hydrogen-bond acceptors (Lipinski definition) is 3. The van der Waals surface area contributed by atoms with Crippen molar-refractivity contribution in [1.82, 2.24) is 9.62 Å². The van der Waals surface area contributed by atoms with Crippen molar-refractivity contribution in [3.05, 3.63) is 63.9 Å². The zero-order valence-electron chi connectivity index (χ0n) is 14.5. The normalized spacial score (nSPS) is 11.6. The second-order valence-electron chi connectivity index (χ2n) is 5.54. The molecular formula is C18H20BrFN2O3S. The molecule has 0 atom stereocenters. The lowest BCUT2D eigenvalue weighted by Crippen LogP contribution is -2.30. The van der Waals surface area contributed by atoms with E-state index in [1.54, 1.807) is 26.0 Å². The molecule has 0 unspecified atom stereocenters. The lowest BCUT2D eigenvalue weighted by molar-refractivity contribution is 0.0950. The summed E-state index contributed by atoms with van der Waals surface area (Å²) in [7, 11) is -3.50. The number of amides is 1. The van der Waals surface area contributed by atoms with Gasteiger partial charge in [-0.3, -0.25) is 4.79 Å². The summed E-state index contributed by atoms with van der Waals surface area (Å²) in [6, 6.07) is 10.2. The molecule has 1 N–H and O–H groups in total. The van der Waals surface area contributed by atoms with Gasteiger partial charge in [-0.2, -0.15) is 4.31 Å². The Kier molecular flexibility index (Phi) is 6.91. The molecule has 140 valence electrons. The molecule has 0 saturated carbocycles. The standard InChI is InChI=1S/C18H20BrFN2O3S/c1-3-22(4-2)26(24,25)15-8-5-13(6-9-15)12-21-18(23)16-10-7-14(20)11-17(16)19/h5-11H,3-4,12H2,1-2H3,(H,21,23). The van der Waals surface area contributed by atoms with Crippen molar-refractivity contribution in [2.24, 2.45) is 0 Å². The number of sulfonamides is 1. The van der Waals surface area contributed by atoms with E-state index in [9.17, 15) is 17.6 Å². The Balaban J connectivity index is 2.07. The van der Waals surface area contributed by atoms with Crippen LogP contribution in [-0.4, -0.2) is 31.7 Å². The van der Waals surface area contributed by atoms with Gasteiger partial charge in [-0.05, 0) is 51.8 Å². The lowest BCUT2D eigenvalue weighted by atomic mass is 10.2. The molecule has 8 heteroatoms. The summed E-state index contributed by atoms with van der Waals surface area (Å²) in [5.41, 5.74) is 1.09. The van der Waals surface area contributed by atoms with Crippen molar-refractivity contribution in [2.75, 3.05) is 13.1 Å². The van der Waals surface area contributed by atoms with Crippen LogP contribution < -0.4 is 5.32 Å². The van der Waals surface area contributed by atoms with Crippen LogP contribution in [0.5, 0.6) is 0 Å². The molecule has 0 fully saturated rings. The van der Waals surface area contributed by atoms with Gasteiger partial charge in [0.25, 0.3) is 5.91 Å². The number of nitrogens with one attached hydrogen (secondary N) is 1. The zero-order chi connectivity index (χ0) is 19.3. The van der Waals surface area contributed by atoms with Crippen LogP contribution in [-0.2, 0) is 16.6 Å². The number of carbonyl (C=O) groups is 1. The summed E-state index contributed by atoms with van der Waals surface area (Å²) in [6.45, 7) is 4.62. The first kappa shape index (κ1) is 20.5. The molecule has 0 heterocycles. The Morgan fingerprint density at radius 3 is 2.27 bits per heavy atom. The van der Waals surface area contributed by atoms with Crippen molar-refractivity contribution < 1.29 is 17.6 Å². The first-order valence-corrected chi connectivity index (χ1v) is 10.3. The average molecular weight is 443 g/mol. The third-order valence-corrected chi connectivity index (χ3v) is 6.62. The smallest absolute Gasteiger partial charge is 0.252 e. The van der Waals surface area contributed by atoms with Crippen LogP contribution in [0.4, 0.5) is 4.39 Å². The number of benzene rings is 2. The van der Waals surface area contributed by atoms with Crippen LogP contribution in [0.15, 0.2) is 51.8 Å². The Morgan fingerprint density at radius 1 is 1.12 bits per heavy atom. The van der Waals surface area contributed by atoms with E-state index in [1.165, 1.54) is 34.6 Å². The highest BCUT2D eigenvalue weighted by molar-refractivity contribution is 9.10. The topological polar surface area (TPSA) is 66.5 Å². The van der Waals surface area contributed by atoms with E-state index in [4.69, 9.17) is 0 Å². The maximum absolute atomic E-state index is 13.1. The molecule has 1 amide bonds. The summed E-state index contributed by atoms with van der Waals surface area (Å²) >= 11 is 3.16. The van der Waals surface area contributed by atoms with E-state index < -0.39 is 15.8 Å². The van der Waals surface area contributed by atoms with Crippen molar-refractivity contribution in [1.29, 1.82) is 0 Å². The van der Waals surface area contributed by atoms with E-state index in [0.717, 1.165) is 5.56 Å². The summed E-state index contributed by atoms with van der Waals surface area (Å²) in [5.74, 6) is -0.782. The number of hydrogen-bond donors (Lipinski definition) is 1. The Hall–Kier alpha value is -1.77. The van der Waals surface area contributed by atoms with Gasteiger partial charge in [0, 0.05) is 24.1 Å². The highest BCUT2D eigenvalue weighted by atomic mass is 79.9. The minimum absolute atomic E-state index is 0.220. The molecule has 2 aromatic carbocycles. The van der Waals surface area contributed by atoms with E-state index in [-0.39, 0.29) is 17.3 Å². The van der Waals surface area contributed by atoms with Crippen LogP contribution in [0.2, 0.25) is 0 Å². The Morgan fingerprint density at radius 2 is 1.73 bits per heavy atom. The average Bonchev–Trinajstić information content (AvgIpc) is 2.61. The molecule has 26 heavy (non-hydrogen) atoms. The van der Waals surface area contributed by atoms with Crippen LogP contribution in [0.1, 0.15) is 29.8 Å². The largest absolute Gasteiger partial charge is 0.348 e. The van der Waals surface area contributed by atoms with Crippen LogP contribution in [0.25, 0.3) is 0 Å². The van der Waals surface area contributed by atoms with Crippen LogP contribution >= 0.6 is 15.9 Å². The molecule has 0 aliphatic rings. The molecule has 2 aromatic rings. The van der Waals surface area contributed by atoms with Gasteiger partial charge in [-0.15, -0.1) is 0 Å². The molecule has 0 aliphatic heterocycles. The summed E-state index contributed by atoms with van der Waals surface area (Å²) in [4.78, 5) is 12.4. The summed E-state index contributed by atoms with van der Waals surface area (Å²) in [5, 5.41) is 2.73. The van der Waals surface area contributed by atoms with Gasteiger partial charge in [0.1, 0.15) is 5.82 Å². The fourth-order valence-corrected chi connectivity index (χ4v) is 4.43. The lowest BCUT2D eigenvalue weighted by Gasteiger charge is -2.18. The SMILES string of the molecule is CCN(CC)S(=O)(=O)c1ccc(CNC(=O)c2ccc(F)cc2Br)cc1. The third kappa shape index (κ3) is 4.69. The Bertz CT molecular complexity index is 882. The van der Waals surface area contributed by atoms with Crippen molar-refractivity contribution in [3.63, 3.8) is 0 Å². The van der Waals surface area contributed by atoms with Crippen molar-refractivity contribution in [3.8, 4) is 0 Å². The molecule has 0 aliphatic carbocycles. The minimum Gasteiger partial charge on any atom is -0.348 e. The molecule has 0 aromatic heterocycles. The van der Waals surface area contributed by atoms with E-state index >= 15 is 0 Å². The van der Waals surface area contributed by atoms with E-state index in [0.29, 0.717) is 23.1 Å². The van der Waals surface area contributed by atoms with Gasteiger partial charge in [0.15, 0.2) is 0 Å². The number of rotatable bonds is 7. The monoisotopic (exact) mass is 442 g/mol. The van der Waals surface area contributed by atoms with Crippen molar-refractivity contribution >= 4 is 31.9 Å². The van der Waals surface area contributed by atoms with Crippen LogP contribution in [0.3, 0.4) is 0 Å². The van der Waals surface area contributed by atoms with Crippen LogP contribution in [0, 0.1) is 5.82 Å². The van der Waals surface area contributed by atoms with Gasteiger partial charge in [-0.25, -0.2) is 12.8 Å². The van der Waals surface area contributed by atoms with Crippen molar-refractivity contribution in [2.45, 2.75) is 25.3 Å². The summed E-state index contributed by atoms with van der Waals surface area (Å²) in [6.07, 6.45) is 0. The highest BCUT2D eigenvalue weighted by Crippen LogP contribution is 2.19. The zero-order valence-corrected chi connectivity index (χ0v) is 16.9. The Labute approximate surface area is 161 Å². The fraction of sp³-hybridized carbons (Fsp3) is 0.278. The van der Waals surface area contributed by atoms with E-state index in [2.05, 4.69) is 21.2 Å². The first-order valence-electron chi connectivity index (χ1n) is 8.12. The van der Waals surface area contributed by atoms with Gasteiger partial charge in [0.05, 0.1) is 10.5 Å². The second-order valence-corrected chi connectivity index (χ2v) is 8.33. The third-order valence-electron chi connectivity index (χ3n) is 3.90. The molecule has 5 nitrogen and oxygen atoms in total. The second kappa shape index (κ2) is 8.75. The maximum atomic E-state index is 13.1. The predicted molar refractivity (Wildman–Crippen MR) is 102 cm³/mol. The quantitative estimate of drug-likeness (QED) is 0.712. The molecule has 0 saturated heterocycles. The fourth-order valence-electron chi connectivity index (χ4n) is 2.44.